The lowest BCUT2D eigenvalue weighted by molar-refractivity contribution is 0.699. The third kappa shape index (κ3) is 1.60. The molecule has 75 valence electrons. The van der Waals surface area contributed by atoms with Gasteiger partial charge in [-0.05, 0) is 30.5 Å². The first-order valence-electron chi connectivity index (χ1n) is 4.82. The first-order valence-corrected chi connectivity index (χ1v) is 5.20. The zero-order valence-corrected chi connectivity index (χ0v) is 8.96. The number of benzene rings is 1. The van der Waals surface area contributed by atoms with E-state index in [-0.39, 0.29) is 6.17 Å². The van der Waals surface area contributed by atoms with Gasteiger partial charge in [0.15, 0.2) is 0 Å². The first-order chi connectivity index (χ1) is 6.72. The van der Waals surface area contributed by atoms with E-state index in [0.717, 1.165) is 18.0 Å². The van der Waals surface area contributed by atoms with Crippen molar-refractivity contribution in [1.29, 1.82) is 0 Å². The number of hydrogen-bond donors (Lipinski definition) is 1. The van der Waals surface area contributed by atoms with E-state index < -0.39 is 0 Å². The van der Waals surface area contributed by atoms with Crippen molar-refractivity contribution in [3.63, 3.8) is 0 Å². The normalized spacial score (nSPS) is 16.9. The van der Waals surface area contributed by atoms with Crippen molar-refractivity contribution >= 4 is 17.3 Å². The van der Waals surface area contributed by atoms with Crippen LogP contribution in [0.25, 0.3) is 0 Å². The fraction of sp³-hybridized carbons (Fsp3) is 0.364. The third-order valence-electron chi connectivity index (χ3n) is 2.68. The van der Waals surface area contributed by atoms with Crippen LogP contribution in [-0.4, -0.2) is 12.7 Å². The molecule has 0 aromatic heterocycles. The van der Waals surface area contributed by atoms with E-state index in [1.807, 2.05) is 25.5 Å². The minimum Gasteiger partial charge on any atom is -0.355 e. The summed E-state index contributed by atoms with van der Waals surface area (Å²) in [6, 6.07) is 6.01. The molecular formula is C11H14ClN2. The van der Waals surface area contributed by atoms with E-state index in [0.29, 0.717) is 0 Å². The predicted octanol–water partition coefficient (Wildman–Crippen LogP) is 2.21. The van der Waals surface area contributed by atoms with E-state index in [9.17, 15) is 0 Å². The van der Waals surface area contributed by atoms with Crippen molar-refractivity contribution in [2.75, 3.05) is 11.4 Å². The average Bonchev–Trinajstić information content (AvgIpc) is 2.59. The molecule has 1 aromatic carbocycles. The maximum Gasteiger partial charge on any atom is 0.0800 e. The summed E-state index contributed by atoms with van der Waals surface area (Å²) in [4.78, 5) is 2.18. The smallest absolute Gasteiger partial charge is 0.0800 e. The molecule has 0 saturated heterocycles. The number of fused-ring (bicyclic) bond motifs is 1. The number of nitrogens with zero attached hydrogens (tertiary/aromatic N) is 1. The SMILES string of the molecule is C[CH]C(N)N1CCc2ccc(Cl)cc21. The third-order valence-corrected chi connectivity index (χ3v) is 2.92. The van der Waals surface area contributed by atoms with E-state index >= 15 is 0 Å². The highest BCUT2D eigenvalue weighted by Gasteiger charge is 2.22. The Balaban J connectivity index is 2.33. The Hall–Kier alpha value is -0.730. The van der Waals surface area contributed by atoms with Crippen LogP contribution in [0.4, 0.5) is 5.69 Å². The van der Waals surface area contributed by atoms with Gasteiger partial charge in [-0.1, -0.05) is 24.6 Å². The summed E-state index contributed by atoms with van der Waals surface area (Å²) in [5.74, 6) is 0. The minimum absolute atomic E-state index is 0.00489. The van der Waals surface area contributed by atoms with Gasteiger partial charge in [0.2, 0.25) is 0 Å². The predicted molar refractivity (Wildman–Crippen MR) is 60.5 cm³/mol. The molecule has 1 aromatic rings. The van der Waals surface area contributed by atoms with Gasteiger partial charge in [0.25, 0.3) is 0 Å². The van der Waals surface area contributed by atoms with E-state index in [4.69, 9.17) is 17.3 Å². The first kappa shape index (κ1) is 9.81. The van der Waals surface area contributed by atoms with Gasteiger partial charge in [0, 0.05) is 17.3 Å². The topological polar surface area (TPSA) is 29.3 Å². The van der Waals surface area contributed by atoms with Crippen LogP contribution in [-0.2, 0) is 6.42 Å². The zero-order chi connectivity index (χ0) is 10.1. The number of nitrogens with two attached hydrogens (primary N) is 1. The van der Waals surface area contributed by atoms with Gasteiger partial charge in [0.05, 0.1) is 6.17 Å². The van der Waals surface area contributed by atoms with Crippen molar-refractivity contribution < 1.29 is 0 Å². The lowest BCUT2D eigenvalue weighted by Gasteiger charge is -2.25. The van der Waals surface area contributed by atoms with Crippen LogP contribution in [0.2, 0.25) is 5.02 Å². The minimum atomic E-state index is -0.00489. The fourth-order valence-electron chi connectivity index (χ4n) is 1.87. The molecule has 0 saturated carbocycles. The zero-order valence-electron chi connectivity index (χ0n) is 8.20. The van der Waals surface area contributed by atoms with Gasteiger partial charge in [-0.2, -0.15) is 0 Å². The second-order valence-electron chi connectivity index (χ2n) is 3.54. The number of anilines is 1. The second kappa shape index (κ2) is 3.79. The van der Waals surface area contributed by atoms with Crippen molar-refractivity contribution in [3.05, 3.63) is 35.2 Å². The molecule has 1 aliphatic heterocycles. The molecule has 0 bridgehead atoms. The highest BCUT2D eigenvalue weighted by Crippen LogP contribution is 2.31. The van der Waals surface area contributed by atoms with Crippen molar-refractivity contribution in [3.8, 4) is 0 Å². The van der Waals surface area contributed by atoms with Crippen LogP contribution >= 0.6 is 11.6 Å². The van der Waals surface area contributed by atoms with Crippen LogP contribution in [0.3, 0.4) is 0 Å². The molecule has 1 unspecified atom stereocenters. The summed E-state index contributed by atoms with van der Waals surface area (Å²) in [5, 5.41) is 0.777. The Morgan fingerprint density at radius 2 is 2.36 bits per heavy atom. The molecule has 2 rings (SSSR count). The Morgan fingerprint density at radius 1 is 1.57 bits per heavy atom. The van der Waals surface area contributed by atoms with E-state index in [1.165, 1.54) is 11.3 Å². The van der Waals surface area contributed by atoms with E-state index in [2.05, 4.69) is 11.0 Å². The highest BCUT2D eigenvalue weighted by molar-refractivity contribution is 6.30. The van der Waals surface area contributed by atoms with Crippen molar-refractivity contribution in [2.24, 2.45) is 5.73 Å². The molecule has 2 nitrogen and oxygen atoms in total. The van der Waals surface area contributed by atoms with Gasteiger partial charge in [-0.15, -0.1) is 0 Å². The largest absolute Gasteiger partial charge is 0.355 e. The molecule has 1 radical (unpaired) electrons. The summed E-state index contributed by atoms with van der Waals surface area (Å²) < 4.78 is 0. The number of hydrogen-bond acceptors (Lipinski definition) is 2. The molecule has 1 heterocycles. The van der Waals surface area contributed by atoms with Crippen LogP contribution in [0.15, 0.2) is 18.2 Å². The standard InChI is InChI=1S/C11H14ClN2/c1-2-11(13)14-6-5-8-3-4-9(12)7-10(8)14/h2-4,7,11H,5-6,13H2,1H3. The molecule has 0 fully saturated rings. The molecule has 0 aliphatic carbocycles. The molecular weight excluding hydrogens is 196 g/mol. The van der Waals surface area contributed by atoms with Crippen LogP contribution in [0.1, 0.15) is 12.5 Å². The highest BCUT2D eigenvalue weighted by atomic mass is 35.5. The number of halogens is 1. The van der Waals surface area contributed by atoms with Gasteiger partial charge in [-0.3, -0.25) is 0 Å². The average molecular weight is 210 g/mol. The summed E-state index contributed by atoms with van der Waals surface area (Å²) in [6.07, 6.45) is 3.05. The Morgan fingerprint density at radius 3 is 3.07 bits per heavy atom. The Bertz CT molecular complexity index is 338. The van der Waals surface area contributed by atoms with Gasteiger partial charge in [-0.25, -0.2) is 0 Å². The Labute approximate surface area is 89.7 Å². The molecule has 1 atom stereocenters. The lowest BCUT2D eigenvalue weighted by Crippen LogP contribution is -2.40. The monoisotopic (exact) mass is 209 g/mol. The summed E-state index contributed by atoms with van der Waals surface area (Å²) in [6.45, 7) is 2.97. The summed E-state index contributed by atoms with van der Waals surface area (Å²) >= 11 is 5.96. The van der Waals surface area contributed by atoms with Crippen LogP contribution in [0, 0.1) is 6.42 Å². The quantitative estimate of drug-likeness (QED) is 0.810. The maximum absolute atomic E-state index is 5.97. The van der Waals surface area contributed by atoms with Crippen molar-refractivity contribution in [1.82, 2.24) is 0 Å². The van der Waals surface area contributed by atoms with Gasteiger partial charge in [0.1, 0.15) is 0 Å². The van der Waals surface area contributed by atoms with Gasteiger partial charge < -0.3 is 10.6 Å². The Kier molecular flexibility index (Phi) is 2.66. The van der Waals surface area contributed by atoms with Crippen LogP contribution in [0.5, 0.6) is 0 Å². The molecule has 0 amide bonds. The molecule has 3 heteroatoms. The fourth-order valence-corrected chi connectivity index (χ4v) is 2.03. The molecule has 1 aliphatic rings. The van der Waals surface area contributed by atoms with E-state index in [1.54, 1.807) is 0 Å². The molecule has 0 spiro atoms. The maximum atomic E-state index is 5.97. The number of rotatable bonds is 2. The van der Waals surface area contributed by atoms with Crippen molar-refractivity contribution in [2.45, 2.75) is 19.5 Å². The van der Waals surface area contributed by atoms with Crippen LogP contribution < -0.4 is 10.6 Å². The van der Waals surface area contributed by atoms with Gasteiger partial charge >= 0.3 is 0 Å². The lowest BCUT2D eigenvalue weighted by atomic mass is 10.2. The summed E-state index contributed by atoms with van der Waals surface area (Å²) in [5.41, 5.74) is 8.49. The second-order valence-corrected chi connectivity index (χ2v) is 3.98. The summed E-state index contributed by atoms with van der Waals surface area (Å²) in [7, 11) is 0. The molecule has 2 N–H and O–H groups in total. The molecule has 14 heavy (non-hydrogen) atoms.